The van der Waals surface area contributed by atoms with Crippen LogP contribution in [0.1, 0.15) is 30.9 Å². The fraction of sp³-hybridized carbons (Fsp3) is 0.312. The topological polar surface area (TPSA) is 63.3 Å². The lowest BCUT2D eigenvalue weighted by Crippen LogP contribution is -2.10. The monoisotopic (exact) mass is 350 g/mol. The van der Waals surface area contributed by atoms with E-state index >= 15 is 0 Å². The number of aromatic hydroxyl groups is 1. The number of fused-ring (bicyclic) bond motifs is 1. The Bertz CT molecular complexity index is 910. The van der Waals surface area contributed by atoms with E-state index in [1.54, 1.807) is 16.8 Å². The highest BCUT2D eigenvalue weighted by molar-refractivity contribution is 6.37. The van der Waals surface area contributed by atoms with Gasteiger partial charge in [-0.15, -0.1) is 9.73 Å². The zero-order valence-electron chi connectivity index (χ0n) is 13.0. The van der Waals surface area contributed by atoms with Crippen molar-refractivity contribution >= 4 is 34.9 Å². The number of phenols is 1. The van der Waals surface area contributed by atoms with Gasteiger partial charge in [0.2, 0.25) is 0 Å². The van der Waals surface area contributed by atoms with E-state index in [2.05, 4.69) is 29.0 Å². The lowest BCUT2D eigenvalue weighted by molar-refractivity contribution is 0.476. The summed E-state index contributed by atoms with van der Waals surface area (Å²) in [6.07, 6.45) is 2.74. The second kappa shape index (κ2) is 5.98. The van der Waals surface area contributed by atoms with Crippen molar-refractivity contribution in [2.24, 2.45) is 5.92 Å². The summed E-state index contributed by atoms with van der Waals surface area (Å²) >= 11 is 12.0. The molecule has 2 heterocycles. The number of rotatable bonds is 3. The van der Waals surface area contributed by atoms with Crippen molar-refractivity contribution < 1.29 is 5.11 Å². The maximum absolute atomic E-state index is 9.69. The van der Waals surface area contributed by atoms with Crippen LogP contribution in [0.4, 0.5) is 0 Å². The Labute approximate surface area is 143 Å². The van der Waals surface area contributed by atoms with Crippen molar-refractivity contribution in [3.05, 3.63) is 44.5 Å². The molecular weight excluding hydrogens is 335 g/mol. The molecule has 5 nitrogen and oxygen atoms in total. The number of benzene rings is 1. The molecule has 0 saturated heterocycles. The molecule has 0 atom stereocenters. The minimum absolute atomic E-state index is 0.114. The van der Waals surface area contributed by atoms with E-state index in [0.29, 0.717) is 17.4 Å². The van der Waals surface area contributed by atoms with Crippen LogP contribution in [0, 0.1) is 12.8 Å². The molecule has 3 aromatic rings. The number of nitrogens with zero attached hydrogens (tertiary/aromatic N) is 4. The quantitative estimate of drug-likeness (QED) is 0.787. The van der Waals surface area contributed by atoms with Gasteiger partial charge in [0.25, 0.3) is 0 Å². The first-order valence-electron chi connectivity index (χ1n) is 7.27. The molecule has 0 saturated carbocycles. The van der Waals surface area contributed by atoms with Crippen molar-refractivity contribution in [1.29, 1.82) is 0 Å². The minimum Gasteiger partial charge on any atom is -0.505 e. The summed E-state index contributed by atoms with van der Waals surface area (Å²) in [5.74, 6) is 1.01. The molecule has 0 radical (unpaired) electrons. The summed E-state index contributed by atoms with van der Waals surface area (Å²) in [7, 11) is 0. The van der Waals surface area contributed by atoms with Gasteiger partial charge >= 0.3 is 0 Å². The Morgan fingerprint density at radius 2 is 1.87 bits per heavy atom. The van der Waals surface area contributed by atoms with E-state index in [0.717, 1.165) is 22.9 Å². The van der Waals surface area contributed by atoms with Crippen LogP contribution in [-0.4, -0.2) is 24.9 Å². The fourth-order valence-electron chi connectivity index (χ4n) is 2.46. The molecule has 0 aliphatic heterocycles. The van der Waals surface area contributed by atoms with Crippen LogP contribution >= 0.6 is 23.2 Å². The maximum atomic E-state index is 9.69. The number of halogens is 2. The molecule has 0 amide bonds. The van der Waals surface area contributed by atoms with Gasteiger partial charge in [-0.2, -0.15) is 5.10 Å². The second-order valence-corrected chi connectivity index (χ2v) is 6.72. The molecule has 0 aliphatic carbocycles. The molecule has 0 aliphatic rings. The number of aromatic nitrogens is 4. The van der Waals surface area contributed by atoms with Crippen LogP contribution < -0.4 is 5.22 Å². The molecule has 1 N–H and O–H groups in total. The zero-order valence-corrected chi connectivity index (χ0v) is 14.5. The molecule has 7 heteroatoms. The van der Waals surface area contributed by atoms with Crippen LogP contribution in [0.3, 0.4) is 0 Å². The van der Waals surface area contributed by atoms with Gasteiger partial charge in [-0.25, -0.2) is 4.98 Å². The molecule has 0 bridgehead atoms. The van der Waals surface area contributed by atoms with Gasteiger partial charge in [0.1, 0.15) is 5.82 Å². The van der Waals surface area contributed by atoms with Crippen LogP contribution in [0.2, 0.25) is 10.0 Å². The highest BCUT2D eigenvalue weighted by Gasteiger charge is 2.13. The van der Waals surface area contributed by atoms with Gasteiger partial charge in [-0.1, -0.05) is 37.0 Å². The van der Waals surface area contributed by atoms with Gasteiger partial charge < -0.3 is 5.11 Å². The Balaban J connectivity index is 2.24. The summed E-state index contributed by atoms with van der Waals surface area (Å²) in [6, 6.07) is 3.32. The van der Waals surface area contributed by atoms with Crippen LogP contribution in [0.5, 0.6) is 5.75 Å². The normalized spacial score (nSPS) is 12.7. The van der Waals surface area contributed by atoms with Crippen LogP contribution in [-0.2, 0) is 6.42 Å². The van der Waals surface area contributed by atoms with E-state index in [-0.39, 0.29) is 15.8 Å². The molecule has 0 unspecified atom stereocenters. The van der Waals surface area contributed by atoms with Crippen LogP contribution in [0.25, 0.3) is 11.7 Å². The first kappa shape index (κ1) is 16.0. The Morgan fingerprint density at radius 1 is 1.22 bits per heavy atom. The number of aryl methyl sites for hydroxylation is 1. The molecule has 3 rings (SSSR count). The summed E-state index contributed by atoms with van der Waals surface area (Å²) in [6.45, 7) is 6.09. The van der Waals surface area contributed by atoms with E-state index in [1.807, 2.05) is 13.0 Å². The average molecular weight is 351 g/mol. The third-order valence-electron chi connectivity index (χ3n) is 3.42. The lowest BCUT2D eigenvalue weighted by Gasteiger charge is -2.02. The second-order valence-electron chi connectivity index (χ2n) is 5.91. The zero-order chi connectivity index (χ0) is 16.7. The smallest absolute Gasteiger partial charge is 0.185 e. The predicted molar refractivity (Wildman–Crippen MR) is 91.0 cm³/mol. The van der Waals surface area contributed by atoms with Gasteiger partial charge in [0, 0.05) is 5.22 Å². The summed E-state index contributed by atoms with van der Waals surface area (Å²) in [5, 5.41) is 19.8. The average Bonchev–Trinajstić information content (AvgIpc) is 2.93. The van der Waals surface area contributed by atoms with Crippen molar-refractivity contribution in [2.45, 2.75) is 27.2 Å². The van der Waals surface area contributed by atoms with Crippen LogP contribution in [0.15, 0.2) is 12.1 Å². The SMILES string of the molecule is Cc1nc2/c(=C\c3cc(Cl)c(O)c(Cl)c3)c(CC(C)C)nn2n1. The van der Waals surface area contributed by atoms with Gasteiger partial charge in [-0.05, 0) is 43.0 Å². The van der Waals surface area contributed by atoms with Crippen molar-refractivity contribution in [1.82, 2.24) is 19.8 Å². The predicted octanol–water partition coefficient (Wildman–Crippen LogP) is 3.19. The summed E-state index contributed by atoms with van der Waals surface area (Å²) < 4.78 is 1.56. The Kier molecular flexibility index (Phi) is 4.17. The Morgan fingerprint density at radius 3 is 2.48 bits per heavy atom. The minimum atomic E-state index is -0.114. The molecular formula is C16H16Cl2N4O. The fourth-order valence-corrected chi connectivity index (χ4v) is 2.96. The van der Waals surface area contributed by atoms with Crippen molar-refractivity contribution in [2.75, 3.05) is 0 Å². The first-order chi connectivity index (χ1) is 10.8. The molecule has 0 spiro atoms. The molecule has 1 aromatic carbocycles. The van der Waals surface area contributed by atoms with E-state index < -0.39 is 0 Å². The van der Waals surface area contributed by atoms with E-state index in [9.17, 15) is 5.11 Å². The lowest BCUT2D eigenvalue weighted by atomic mass is 10.1. The number of hydrogen-bond donors (Lipinski definition) is 1. The third kappa shape index (κ3) is 3.12. The van der Waals surface area contributed by atoms with Crippen molar-refractivity contribution in [3.63, 3.8) is 0 Å². The number of phenolic OH excluding ortho intramolecular Hbond substituents is 1. The summed E-state index contributed by atoms with van der Waals surface area (Å²) in [5.41, 5.74) is 2.41. The van der Waals surface area contributed by atoms with Gasteiger partial charge in [0.15, 0.2) is 11.4 Å². The van der Waals surface area contributed by atoms with Crippen molar-refractivity contribution in [3.8, 4) is 5.75 Å². The highest BCUT2D eigenvalue weighted by Crippen LogP contribution is 2.32. The molecule has 0 fully saturated rings. The van der Waals surface area contributed by atoms with E-state index in [1.165, 1.54) is 0 Å². The first-order valence-corrected chi connectivity index (χ1v) is 8.02. The Hall–Kier alpha value is -1.85. The van der Waals surface area contributed by atoms with Gasteiger partial charge in [0.05, 0.1) is 15.7 Å². The molecule has 23 heavy (non-hydrogen) atoms. The number of hydrogen-bond acceptors (Lipinski definition) is 4. The maximum Gasteiger partial charge on any atom is 0.185 e. The molecule has 120 valence electrons. The summed E-state index contributed by atoms with van der Waals surface area (Å²) in [4.78, 5) is 4.44. The third-order valence-corrected chi connectivity index (χ3v) is 3.99. The largest absolute Gasteiger partial charge is 0.505 e. The molecule has 2 aromatic heterocycles. The highest BCUT2D eigenvalue weighted by atomic mass is 35.5. The van der Waals surface area contributed by atoms with Gasteiger partial charge in [-0.3, -0.25) is 0 Å². The standard InChI is InChI=1S/C16H16Cl2N4O/c1-8(2)4-14-11(16-19-9(3)20-22(16)21-14)5-10-6-12(17)15(23)13(18)7-10/h5-8,23H,4H2,1-3H3/b11-5-. The van der Waals surface area contributed by atoms with E-state index in [4.69, 9.17) is 23.2 Å².